The zero-order valence-electron chi connectivity index (χ0n) is 12.2. The molecule has 3 atom stereocenters. The van der Waals surface area contributed by atoms with E-state index in [4.69, 9.17) is 11.6 Å². The van der Waals surface area contributed by atoms with E-state index in [1.165, 1.54) is 25.7 Å². The molecule has 2 bridgehead atoms. The van der Waals surface area contributed by atoms with Crippen molar-refractivity contribution in [1.82, 2.24) is 4.90 Å². The summed E-state index contributed by atoms with van der Waals surface area (Å²) in [5.74, 6) is 0. The predicted molar refractivity (Wildman–Crippen MR) is 86.3 cm³/mol. The minimum Gasteiger partial charge on any atom is -0.300 e. The van der Waals surface area contributed by atoms with Gasteiger partial charge in [0, 0.05) is 33.9 Å². The minimum atomic E-state index is -0.370. The second-order valence-electron chi connectivity index (χ2n) is 6.04. The lowest BCUT2D eigenvalue weighted by Gasteiger charge is -2.36. The van der Waals surface area contributed by atoms with Gasteiger partial charge in [0.25, 0.3) is 5.69 Å². The number of piperidine rings is 1. The van der Waals surface area contributed by atoms with Crippen LogP contribution in [0.2, 0.25) is 5.02 Å². The van der Waals surface area contributed by atoms with Gasteiger partial charge in [-0.15, -0.1) is 11.8 Å². The number of nitrogens with zero attached hydrogens (tertiary/aromatic N) is 2. The zero-order valence-corrected chi connectivity index (χ0v) is 13.8. The second kappa shape index (κ2) is 5.78. The summed E-state index contributed by atoms with van der Waals surface area (Å²) in [4.78, 5) is 14.1. The Bertz CT molecular complexity index is 567. The Hall–Kier alpha value is -0.780. The fraction of sp³-hybridized carbons (Fsp3) is 0.600. The van der Waals surface area contributed by atoms with Crippen LogP contribution in [0, 0.1) is 17.0 Å². The Morgan fingerprint density at radius 3 is 2.52 bits per heavy atom. The first-order valence-corrected chi connectivity index (χ1v) is 8.55. The molecule has 0 saturated carbocycles. The molecule has 2 fully saturated rings. The third-order valence-corrected chi connectivity index (χ3v) is 6.78. The van der Waals surface area contributed by atoms with Crippen molar-refractivity contribution in [2.75, 3.05) is 7.05 Å². The van der Waals surface area contributed by atoms with Crippen LogP contribution in [0.1, 0.15) is 31.2 Å². The standard InChI is InChI=1S/C15H19ClN2O2S/c1-9-13(18(19)20)5-6-14(15(9)16)21-12-7-10-3-4-11(8-12)17(10)2/h5-6,10-12H,3-4,7-8H2,1-2H3/t10-,11+,12?. The Balaban J connectivity index is 1.77. The quantitative estimate of drug-likeness (QED) is 0.614. The smallest absolute Gasteiger partial charge is 0.273 e. The van der Waals surface area contributed by atoms with Gasteiger partial charge in [0.15, 0.2) is 0 Å². The lowest BCUT2D eigenvalue weighted by molar-refractivity contribution is -0.385. The number of thioether (sulfide) groups is 1. The van der Waals surface area contributed by atoms with E-state index in [-0.39, 0.29) is 10.6 Å². The van der Waals surface area contributed by atoms with Gasteiger partial charge in [-0.25, -0.2) is 0 Å². The Morgan fingerprint density at radius 1 is 1.33 bits per heavy atom. The molecule has 2 aliphatic rings. The summed E-state index contributed by atoms with van der Waals surface area (Å²) in [5, 5.41) is 12.0. The lowest BCUT2D eigenvalue weighted by atomic mass is 10.0. The minimum absolute atomic E-state index is 0.104. The maximum absolute atomic E-state index is 10.9. The number of rotatable bonds is 3. The summed E-state index contributed by atoms with van der Waals surface area (Å²) in [7, 11) is 2.23. The van der Waals surface area contributed by atoms with Crippen LogP contribution in [0.15, 0.2) is 17.0 Å². The average molecular weight is 327 g/mol. The molecule has 2 heterocycles. The summed E-state index contributed by atoms with van der Waals surface area (Å²) in [5.41, 5.74) is 0.676. The Morgan fingerprint density at radius 2 is 1.95 bits per heavy atom. The molecule has 6 heteroatoms. The van der Waals surface area contributed by atoms with Crippen LogP contribution in [0.25, 0.3) is 0 Å². The third-order valence-electron chi connectivity index (χ3n) is 4.87. The molecule has 4 nitrogen and oxygen atoms in total. The Labute approximate surface area is 134 Å². The van der Waals surface area contributed by atoms with E-state index in [1.54, 1.807) is 30.8 Å². The highest BCUT2D eigenvalue weighted by Crippen LogP contribution is 2.44. The van der Waals surface area contributed by atoms with E-state index in [1.807, 2.05) is 0 Å². The van der Waals surface area contributed by atoms with Crippen LogP contribution in [-0.2, 0) is 0 Å². The SMILES string of the molecule is Cc1c([N+](=O)[O-])ccc(SC2C[C@H]3CC[C@@H](C2)N3C)c1Cl. The normalized spacial score (nSPS) is 28.8. The number of hydrogen-bond acceptors (Lipinski definition) is 4. The molecule has 114 valence electrons. The monoisotopic (exact) mass is 326 g/mol. The van der Waals surface area contributed by atoms with E-state index >= 15 is 0 Å². The zero-order chi connectivity index (χ0) is 15.1. The third kappa shape index (κ3) is 2.79. The lowest BCUT2D eigenvalue weighted by Crippen LogP contribution is -2.40. The highest BCUT2D eigenvalue weighted by Gasteiger charge is 2.38. The van der Waals surface area contributed by atoms with E-state index < -0.39 is 0 Å². The largest absolute Gasteiger partial charge is 0.300 e. The average Bonchev–Trinajstić information content (AvgIpc) is 2.66. The topological polar surface area (TPSA) is 46.4 Å². The van der Waals surface area contributed by atoms with Gasteiger partial charge in [-0.3, -0.25) is 10.1 Å². The summed E-state index contributed by atoms with van der Waals surface area (Å²) < 4.78 is 0. The van der Waals surface area contributed by atoms with Crippen molar-refractivity contribution in [1.29, 1.82) is 0 Å². The summed E-state index contributed by atoms with van der Waals surface area (Å²) in [6.45, 7) is 1.73. The first kappa shape index (κ1) is 15.1. The summed E-state index contributed by atoms with van der Waals surface area (Å²) >= 11 is 8.14. The molecule has 2 saturated heterocycles. The fourth-order valence-electron chi connectivity index (χ4n) is 3.58. The highest BCUT2D eigenvalue weighted by molar-refractivity contribution is 8.00. The predicted octanol–water partition coefficient (Wildman–Crippen LogP) is 4.27. The van der Waals surface area contributed by atoms with E-state index in [9.17, 15) is 10.1 Å². The Kier molecular flexibility index (Phi) is 4.17. The molecule has 21 heavy (non-hydrogen) atoms. The molecule has 0 aromatic heterocycles. The molecule has 1 unspecified atom stereocenters. The van der Waals surface area contributed by atoms with Gasteiger partial charge in [-0.05, 0) is 45.7 Å². The number of halogens is 1. The van der Waals surface area contributed by atoms with Gasteiger partial charge in [-0.1, -0.05) is 11.6 Å². The van der Waals surface area contributed by atoms with Crippen molar-refractivity contribution in [2.45, 2.75) is 54.8 Å². The molecule has 1 aromatic rings. The van der Waals surface area contributed by atoms with Gasteiger partial charge in [0.2, 0.25) is 0 Å². The molecule has 1 aromatic carbocycles. The maximum atomic E-state index is 10.9. The van der Waals surface area contributed by atoms with Crippen LogP contribution < -0.4 is 0 Å². The molecule has 0 aliphatic carbocycles. The number of nitro groups is 1. The van der Waals surface area contributed by atoms with E-state index in [0.29, 0.717) is 27.9 Å². The fourth-order valence-corrected chi connectivity index (χ4v) is 5.27. The van der Waals surface area contributed by atoms with E-state index in [0.717, 1.165) is 4.90 Å². The second-order valence-corrected chi connectivity index (χ2v) is 7.76. The highest BCUT2D eigenvalue weighted by atomic mass is 35.5. The van der Waals surface area contributed by atoms with Gasteiger partial charge in [-0.2, -0.15) is 0 Å². The van der Waals surface area contributed by atoms with Crippen LogP contribution in [-0.4, -0.2) is 34.2 Å². The molecule has 0 amide bonds. The van der Waals surface area contributed by atoms with Crippen LogP contribution in [0.3, 0.4) is 0 Å². The van der Waals surface area contributed by atoms with Crippen LogP contribution >= 0.6 is 23.4 Å². The molecular weight excluding hydrogens is 308 g/mol. The molecular formula is C15H19ClN2O2S. The van der Waals surface area contributed by atoms with Gasteiger partial charge < -0.3 is 4.90 Å². The van der Waals surface area contributed by atoms with Crippen LogP contribution in [0.4, 0.5) is 5.69 Å². The molecule has 3 rings (SSSR count). The van der Waals surface area contributed by atoms with E-state index in [2.05, 4.69) is 11.9 Å². The number of fused-ring (bicyclic) bond motifs is 2. The number of benzene rings is 1. The number of hydrogen-bond donors (Lipinski definition) is 0. The first-order chi connectivity index (χ1) is 9.97. The molecule has 0 spiro atoms. The maximum Gasteiger partial charge on any atom is 0.273 e. The molecule has 0 radical (unpaired) electrons. The van der Waals surface area contributed by atoms with Gasteiger partial charge in [0.05, 0.1) is 9.95 Å². The van der Waals surface area contributed by atoms with Crippen LogP contribution in [0.5, 0.6) is 0 Å². The van der Waals surface area contributed by atoms with Crippen molar-refractivity contribution in [3.8, 4) is 0 Å². The van der Waals surface area contributed by atoms with Gasteiger partial charge >= 0.3 is 0 Å². The molecule has 2 aliphatic heterocycles. The first-order valence-electron chi connectivity index (χ1n) is 7.29. The van der Waals surface area contributed by atoms with Crippen molar-refractivity contribution in [3.05, 3.63) is 32.8 Å². The summed E-state index contributed by atoms with van der Waals surface area (Å²) in [6.07, 6.45) is 4.96. The van der Waals surface area contributed by atoms with Crippen molar-refractivity contribution >= 4 is 29.1 Å². The number of nitro benzene ring substituents is 1. The molecule has 0 N–H and O–H groups in total. The van der Waals surface area contributed by atoms with Gasteiger partial charge in [0.1, 0.15) is 0 Å². The summed E-state index contributed by atoms with van der Waals surface area (Å²) in [6, 6.07) is 4.77. The van der Waals surface area contributed by atoms with Crippen molar-refractivity contribution in [3.63, 3.8) is 0 Å². The van der Waals surface area contributed by atoms with Crippen molar-refractivity contribution < 1.29 is 4.92 Å². The van der Waals surface area contributed by atoms with Crippen molar-refractivity contribution in [2.24, 2.45) is 0 Å².